The zero-order chi connectivity index (χ0) is 14.3. The molecule has 0 heterocycles. The Balaban J connectivity index is 1.69. The number of allylic oxidation sites excluding steroid dienone is 4. The van der Waals surface area contributed by atoms with Gasteiger partial charge < -0.3 is 0 Å². The highest BCUT2D eigenvalue weighted by Gasteiger charge is 1.98. The van der Waals surface area contributed by atoms with Gasteiger partial charge in [0.05, 0.1) is 0 Å². The van der Waals surface area contributed by atoms with Gasteiger partial charge in [-0.25, -0.2) is 0 Å². The van der Waals surface area contributed by atoms with Gasteiger partial charge in [0.15, 0.2) is 0 Å². The van der Waals surface area contributed by atoms with Crippen LogP contribution in [0, 0.1) is 6.08 Å². The molecule has 0 aromatic rings. The Morgan fingerprint density at radius 3 is 1.70 bits per heavy atom. The van der Waals surface area contributed by atoms with E-state index in [-0.39, 0.29) is 0 Å². The van der Waals surface area contributed by atoms with Crippen LogP contribution >= 0.6 is 0 Å². The van der Waals surface area contributed by atoms with E-state index in [1.54, 1.807) is 0 Å². The first-order valence-corrected chi connectivity index (χ1v) is 9.19. The van der Waals surface area contributed by atoms with E-state index in [4.69, 9.17) is 0 Å². The lowest BCUT2D eigenvalue weighted by molar-refractivity contribution is 0.539. The van der Waals surface area contributed by atoms with Crippen molar-refractivity contribution in [2.75, 3.05) is 0 Å². The molecule has 0 saturated carbocycles. The number of rotatable bonds is 14. The fourth-order valence-electron chi connectivity index (χ4n) is 2.96. The van der Waals surface area contributed by atoms with Crippen LogP contribution in [0.15, 0.2) is 17.7 Å². The first kappa shape index (κ1) is 17.5. The molecule has 20 heavy (non-hydrogen) atoms. The Bertz CT molecular complexity index is 259. The van der Waals surface area contributed by atoms with Crippen LogP contribution < -0.4 is 0 Å². The van der Waals surface area contributed by atoms with Crippen molar-refractivity contribution in [3.63, 3.8) is 0 Å². The molecule has 0 bridgehead atoms. The van der Waals surface area contributed by atoms with Crippen molar-refractivity contribution in [2.45, 2.75) is 103 Å². The Morgan fingerprint density at radius 2 is 1.25 bits per heavy atom. The van der Waals surface area contributed by atoms with E-state index in [9.17, 15) is 0 Å². The third-order valence-corrected chi connectivity index (χ3v) is 4.32. The van der Waals surface area contributed by atoms with Gasteiger partial charge in [-0.1, -0.05) is 96.1 Å². The van der Waals surface area contributed by atoms with Gasteiger partial charge in [0, 0.05) is 0 Å². The number of unbranched alkanes of at least 4 members (excludes halogenated alkanes) is 12. The van der Waals surface area contributed by atoms with Crippen molar-refractivity contribution in [1.82, 2.24) is 0 Å². The van der Waals surface area contributed by atoms with Crippen LogP contribution in [0.5, 0.6) is 0 Å². The monoisotopic (exact) mass is 275 g/mol. The van der Waals surface area contributed by atoms with E-state index in [1.165, 1.54) is 95.5 Å². The first-order chi connectivity index (χ1) is 9.93. The quantitative estimate of drug-likeness (QED) is 0.295. The summed E-state index contributed by atoms with van der Waals surface area (Å²) in [5.41, 5.74) is 1.45. The summed E-state index contributed by atoms with van der Waals surface area (Å²) in [6, 6.07) is 0. The van der Waals surface area contributed by atoms with Crippen molar-refractivity contribution >= 4 is 0 Å². The Hall–Kier alpha value is -0.520. The molecule has 0 aromatic heterocycles. The molecule has 0 unspecified atom stereocenters. The maximum Gasteiger partial charge on any atom is -0.00885 e. The van der Waals surface area contributed by atoms with Crippen molar-refractivity contribution < 1.29 is 0 Å². The molecule has 0 aliphatic heterocycles. The van der Waals surface area contributed by atoms with Crippen LogP contribution in [0.3, 0.4) is 0 Å². The molecule has 1 rings (SSSR count). The van der Waals surface area contributed by atoms with Gasteiger partial charge >= 0.3 is 0 Å². The topological polar surface area (TPSA) is 0 Å². The maximum absolute atomic E-state index is 3.41. The van der Waals surface area contributed by atoms with Crippen LogP contribution in [0.4, 0.5) is 0 Å². The number of hydrogen-bond acceptors (Lipinski definition) is 0. The smallest absolute Gasteiger partial charge is 0.00885 e. The van der Waals surface area contributed by atoms with Crippen LogP contribution in [0.2, 0.25) is 0 Å². The van der Waals surface area contributed by atoms with Crippen LogP contribution in [-0.2, 0) is 0 Å². The summed E-state index contributed by atoms with van der Waals surface area (Å²) in [5.74, 6) is 0. The second kappa shape index (κ2) is 13.5. The van der Waals surface area contributed by atoms with Gasteiger partial charge in [-0.2, -0.15) is 0 Å². The molecule has 0 N–H and O–H groups in total. The van der Waals surface area contributed by atoms with Gasteiger partial charge in [-0.15, -0.1) is 0 Å². The summed E-state index contributed by atoms with van der Waals surface area (Å²) in [7, 11) is 0. The van der Waals surface area contributed by atoms with E-state index in [0.29, 0.717) is 0 Å². The Morgan fingerprint density at radius 1 is 0.750 bits per heavy atom. The molecule has 1 aliphatic carbocycles. The van der Waals surface area contributed by atoms with Crippen LogP contribution in [0.1, 0.15) is 103 Å². The van der Waals surface area contributed by atoms with E-state index in [0.717, 1.165) is 6.42 Å². The van der Waals surface area contributed by atoms with E-state index in [1.807, 2.05) is 0 Å². The van der Waals surface area contributed by atoms with E-state index in [2.05, 4.69) is 25.2 Å². The van der Waals surface area contributed by atoms with Gasteiger partial charge in [-0.05, 0) is 30.9 Å². The fraction of sp³-hybridized carbons (Fsp3) is 0.800. The standard InChI is InChI=1S/C20H35/c1-2-3-4-5-6-7-8-9-10-11-12-13-14-17-20-18-15-16-19-20/h15,18H,2-14,16-17H2,1H3. The maximum atomic E-state index is 3.41. The second-order valence-electron chi connectivity index (χ2n) is 6.30. The highest BCUT2D eigenvalue weighted by molar-refractivity contribution is 5.21. The largest absolute Gasteiger partial charge is 0.0798 e. The fourth-order valence-corrected chi connectivity index (χ4v) is 2.96. The normalized spacial score (nSPS) is 13.9. The molecule has 1 aliphatic rings. The predicted molar refractivity (Wildman–Crippen MR) is 90.8 cm³/mol. The highest BCUT2D eigenvalue weighted by Crippen LogP contribution is 2.17. The average molecular weight is 275 g/mol. The summed E-state index contributed by atoms with van der Waals surface area (Å²) in [6.07, 6.45) is 28.9. The molecule has 0 saturated heterocycles. The van der Waals surface area contributed by atoms with Gasteiger partial charge in [-0.3, -0.25) is 0 Å². The number of hydrogen-bond donors (Lipinski definition) is 0. The van der Waals surface area contributed by atoms with Gasteiger partial charge in [0.2, 0.25) is 0 Å². The Labute approximate surface area is 127 Å². The molecular formula is C20H35. The van der Waals surface area contributed by atoms with Crippen molar-refractivity contribution in [3.8, 4) is 0 Å². The van der Waals surface area contributed by atoms with Gasteiger partial charge in [0.1, 0.15) is 0 Å². The molecule has 0 aromatic carbocycles. The molecule has 1 radical (unpaired) electrons. The van der Waals surface area contributed by atoms with Crippen LogP contribution in [0.25, 0.3) is 0 Å². The zero-order valence-corrected chi connectivity index (χ0v) is 13.8. The van der Waals surface area contributed by atoms with Gasteiger partial charge in [0.25, 0.3) is 0 Å². The molecular weight excluding hydrogens is 240 g/mol. The lowest BCUT2D eigenvalue weighted by Crippen LogP contribution is -1.83. The third-order valence-electron chi connectivity index (χ3n) is 4.32. The minimum absolute atomic E-state index is 1.05. The summed E-state index contributed by atoms with van der Waals surface area (Å²) in [6.45, 7) is 2.29. The van der Waals surface area contributed by atoms with E-state index >= 15 is 0 Å². The zero-order valence-electron chi connectivity index (χ0n) is 13.8. The van der Waals surface area contributed by atoms with Crippen molar-refractivity contribution in [3.05, 3.63) is 23.8 Å². The average Bonchev–Trinajstić information content (AvgIpc) is 2.97. The Kier molecular flexibility index (Phi) is 11.8. The summed E-state index contributed by atoms with van der Waals surface area (Å²) in [4.78, 5) is 0. The molecule has 0 nitrogen and oxygen atoms in total. The molecule has 0 heteroatoms. The SMILES string of the molecule is CCCCCCCCCCCCCCCC1=[C]CC=C1. The first-order valence-electron chi connectivity index (χ1n) is 9.19. The lowest BCUT2D eigenvalue weighted by Gasteiger charge is -2.03. The molecule has 0 fully saturated rings. The molecule has 115 valence electrons. The summed E-state index contributed by atoms with van der Waals surface area (Å²) in [5, 5.41) is 0. The lowest BCUT2D eigenvalue weighted by atomic mass is 10.0. The highest BCUT2D eigenvalue weighted by atomic mass is 14.0. The summed E-state index contributed by atoms with van der Waals surface area (Å²) < 4.78 is 0. The molecule has 0 spiro atoms. The predicted octanol–water partition coefficient (Wildman–Crippen LogP) is 7.16. The second-order valence-corrected chi connectivity index (χ2v) is 6.30. The van der Waals surface area contributed by atoms with Crippen molar-refractivity contribution in [1.29, 1.82) is 0 Å². The van der Waals surface area contributed by atoms with Crippen molar-refractivity contribution in [2.24, 2.45) is 0 Å². The molecule has 0 atom stereocenters. The van der Waals surface area contributed by atoms with Crippen LogP contribution in [-0.4, -0.2) is 0 Å². The summed E-state index contributed by atoms with van der Waals surface area (Å²) >= 11 is 0. The molecule has 0 amide bonds. The third kappa shape index (κ3) is 10.3. The minimum atomic E-state index is 1.05. The van der Waals surface area contributed by atoms with E-state index < -0.39 is 0 Å². The minimum Gasteiger partial charge on any atom is -0.0798 e.